The van der Waals surface area contributed by atoms with Crippen LogP contribution in [-0.4, -0.2) is 26.7 Å². The number of hydrogen-bond acceptors (Lipinski definition) is 4. The number of anilines is 1. The molecule has 0 aliphatic carbocycles. The Balaban J connectivity index is 2.00. The molecular weight excluding hydrogens is 230 g/mol. The number of carbonyl (C=O) groups is 1. The minimum atomic E-state index is -0.534. The standard InChI is InChI=1S/C12H15N5O/c1-9(13)12(18)16-11-6-15-17(8-11)7-10-2-4-14-5-3-10/h2-6,8-9H,7,13H2,1H3,(H,16,18)/t9-/m1/s1. The Hall–Kier alpha value is -2.21. The molecule has 0 aromatic carbocycles. The van der Waals surface area contributed by atoms with Gasteiger partial charge in [-0.1, -0.05) is 0 Å². The predicted octanol–water partition coefficient (Wildman–Crippen LogP) is 0.612. The van der Waals surface area contributed by atoms with Crippen LogP contribution in [0.25, 0.3) is 0 Å². The van der Waals surface area contributed by atoms with Crippen molar-refractivity contribution in [2.75, 3.05) is 5.32 Å². The number of nitrogens with zero attached hydrogens (tertiary/aromatic N) is 3. The molecule has 0 radical (unpaired) electrons. The molecule has 0 bridgehead atoms. The number of nitrogens with one attached hydrogen (secondary N) is 1. The van der Waals surface area contributed by atoms with Crippen LogP contribution in [0.5, 0.6) is 0 Å². The highest BCUT2D eigenvalue weighted by molar-refractivity contribution is 5.94. The molecule has 18 heavy (non-hydrogen) atoms. The maximum Gasteiger partial charge on any atom is 0.241 e. The Morgan fingerprint density at radius 1 is 1.50 bits per heavy atom. The summed E-state index contributed by atoms with van der Waals surface area (Å²) in [5, 5.41) is 6.85. The molecule has 6 nitrogen and oxygen atoms in total. The second-order valence-electron chi connectivity index (χ2n) is 4.06. The van der Waals surface area contributed by atoms with Gasteiger partial charge in [0.1, 0.15) is 0 Å². The van der Waals surface area contributed by atoms with Crippen LogP contribution in [0.2, 0.25) is 0 Å². The summed E-state index contributed by atoms with van der Waals surface area (Å²) in [5.74, 6) is -0.224. The zero-order valence-electron chi connectivity index (χ0n) is 10.1. The van der Waals surface area contributed by atoms with Crippen molar-refractivity contribution in [3.63, 3.8) is 0 Å². The van der Waals surface area contributed by atoms with E-state index >= 15 is 0 Å². The van der Waals surface area contributed by atoms with E-state index in [9.17, 15) is 4.79 Å². The molecule has 1 atom stereocenters. The van der Waals surface area contributed by atoms with Gasteiger partial charge in [0.25, 0.3) is 0 Å². The molecule has 0 fully saturated rings. The van der Waals surface area contributed by atoms with Gasteiger partial charge in [0.2, 0.25) is 5.91 Å². The summed E-state index contributed by atoms with van der Waals surface area (Å²) in [6, 6.07) is 3.30. The summed E-state index contributed by atoms with van der Waals surface area (Å²) in [6.07, 6.45) is 6.83. The fourth-order valence-electron chi connectivity index (χ4n) is 1.45. The molecule has 3 N–H and O–H groups in total. The van der Waals surface area contributed by atoms with Crippen LogP contribution in [0, 0.1) is 0 Å². The van der Waals surface area contributed by atoms with Crippen LogP contribution in [0.4, 0.5) is 5.69 Å². The summed E-state index contributed by atoms with van der Waals surface area (Å²) >= 11 is 0. The molecule has 6 heteroatoms. The average molecular weight is 245 g/mol. The van der Waals surface area contributed by atoms with E-state index in [1.807, 2.05) is 12.1 Å². The molecule has 2 aromatic rings. The first-order valence-electron chi connectivity index (χ1n) is 5.63. The summed E-state index contributed by atoms with van der Waals surface area (Å²) < 4.78 is 1.74. The number of hydrogen-bond donors (Lipinski definition) is 2. The second-order valence-corrected chi connectivity index (χ2v) is 4.06. The van der Waals surface area contributed by atoms with E-state index in [4.69, 9.17) is 5.73 Å². The van der Waals surface area contributed by atoms with Gasteiger partial charge in [-0.05, 0) is 24.6 Å². The summed E-state index contributed by atoms with van der Waals surface area (Å²) in [4.78, 5) is 15.3. The molecule has 94 valence electrons. The predicted molar refractivity (Wildman–Crippen MR) is 67.8 cm³/mol. The molecule has 0 aliphatic heterocycles. The fraction of sp³-hybridized carbons (Fsp3) is 0.250. The van der Waals surface area contributed by atoms with Gasteiger partial charge in [-0.25, -0.2) is 0 Å². The maximum atomic E-state index is 11.4. The highest BCUT2D eigenvalue weighted by atomic mass is 16.2. The van der Waals surface area contributed by atoms with E-state index in [2.05, 4.69) is 15.4 Å². The Bertz CT molecular complexity index is 520. The van der Waals surface area contributed by atoms with Crippen LogP contribution < -0.4 is 11.1 Å². The van der Waals surface area contributed by atoms with Gasteiger partial charge in [0, 0.05) is 18.6 Å². The van der Waals surface area contributed by atoms with Crippen molar-refractivity contribution in [1.29, 1.82) is 0 Å². The number of aromatic nitrogens is 3. The van der Waals surface area contributed by atoms with Crippen molar-refractivity contribution < 1.29 is 4.79 Å². The van der Waals surface area contributed by atoms with Crippen molar-refractivity contribution in [2.45, 2.75) is 19.5 Å². The van der Waals surface area contributed by atoms with Crippen LogP contribution in [0.3, 0.4) is 0 Å². The van der Waals surface area contributed by atoms with Crippen molar-refractivity contribution >= 4 is 11.6 Å². The lowest BCUT2D eigenvalue weighted by atomic mass is 10.3. The lowest BCUT2D eigenvalue weighted by molar-refractivity contribution is -0.117. The average Bonchev–Trinajstić information content (AvgIpc) is 2.77. The van der Waals surface area contributed by atoms with E-state index in [0.29, 0.717) is 12.2 Å². The molecule has 2 aromatic heterocycles. The van der Waals surface area contributed by atoms with Gasteiger partial charge in [-0.15, -0.1) is 0 Å². The first-order valence-corrected chi connectivity index (χ1v) is 5.63. The number of rotatable bonds is 4. The molecule has 2 heterocycles. The first kappa shape index (κ1) is 12.3. The molecule has 0 saturated carbocycles. The third-order valence-corrected chi connectivity index (χ3v) is 2.41. The monoisotopic (exact) mass is 245 g/mol. The molecular formula is C12H15N5O. The third-order valence-electron chi connectivity index (χ3n) is 2.41. The van der Waals surface area contributed by atoms with Crippen molar-refractivity contribution in [1.82, 2.24) is 14.8 Å². The number of amides is 1. The van der Waals surface area contributed by atoms with E-state index in [-0.39, 0.29) is 5.91 Å². The zero-order chi connectivity index (χ0) is 13.0. The molecule has 0 unspecified atom stereocenters. The highest BCUT2D eigenvalue weighted by Crippen LogP contribution is 2.07. The number of pyridine rings is 1. The summed E-state index contributed by atoms with van der Waals surface area (Å²) in [6.45, 7) is 2.27. The van der Waals surface area contributed by atoms with Crippen LogP contribution >= 0.6 is 0 Å². The second kappa shape index (κ2) is 5.42. The van der Waals surface area contributed by atoms with Crippen LogP contribution in [0.1, 0.15) is 12.5 Å². The van der Waals surface area contributed by atoms with Gasteiger partial charge < -0.3 is 11.1 Å². The number of carbonyl (C=O) groups excluding carboxylic acids is 1. The fourth-order valence-corrected chi connectivity index (χ4v) is 1.45. The topological polar surface area (TPSA) is 85.8 Å². The minimum absolute atomic E-state index is 0.224. The van der Waals surface area contributed by atoms with E-state index in [1.165, 1.54) is 0 Å². The number of nitrogens with two attached hydrogens (primary N) is 1. The lowest BCUT2D eigenvalue weighted by Crippen LogP contribution is -2.32. The van der Waals surface area contributed by atoms with Gasteiger partial charge in [-0.3, -0.25) is 14.5 Å². The summed E-state index contributed by atoms with van der Waals surface area (Å²) in [7, 11) is 0. The van der Waals surface area contributed by atoms with Crippen molar-refractivity contribution in [2.24, 2.45) is 5.73 Å². The molecule has 1 amide bonds. The Kier molecular flexibility index (Phi) is 3.69. The largest absolute Gasteiger partial charge is 0.322 e. The normalized spacial score (nSPS) is 12.1. The SMILES string of the molecule is C[C@@H](N)C(=O)Nc1cnn(Cc2ccncc2)c1. The highest BCUT2D eigenvalue weighted by Gasteiger charge is 2.08. The van der Waals surface area contributed by atoms with E-state index in [0.717, 1.165) is 5.56 Å². The van der Waals surface area contributed by atoms with Gasteiger partial charge in [-0.2, -0.15) is 5.10 Å². The van der Waals surface area contributed by atoms with Crippen LogP contribution in [-0.2, 0) is 11.3 Å². The first-order chi connectivity index (χ1) is 8.65. The molecule has 2 rings (SSSR count). The quantitative estimate of drug-likeness (QED) is 0.826. The molecule has 0 spiro atoms. The van der Waals surface area contributed by atoms with Crippen molar-refractivity contribution in [3.8, 4) is 0 Å². The van der Waals surface area contributed by atoms with E-state index in [1.54, 1.807) is 36.4 Å². The zero-order valence-corrected chi connectivity index (χ0v) is 10.1. The minimum Gasteiger partial charge on any atom is -0.322 e. The molecule has 0 saturated heterocycles. The smallest absolute Gasteiger partial charge is 0.241 e. The van der Waals surface area contributed by atoms with Crippen molar-refractivity contribution in [3.05, 3.63) is 42.5 Å². The summed E-state index contributed by atoms with van der Waals surface area (Å²) in [5.41, 5.74) is 7.21. The molecule has 0 aliphatic rings. The Morgan fingerprint density at radius 2 is 2.22 bits per heavy atom. The Labute approximate surface area is 105 Å². The third kappa shape index (κ3) is 3.14. The Morgan fingerprint density at radius 3 is 2.89 bits per heavy atom. The van der Waals surface area contributed by atoms with Gasteiger partial charge in [0.05, 0.1) is 24.5 Å². The maximum absolute atomic E-state index is 11.4. The van der Waals surface area contributed by atoms with E-state index < -0.39 is 6.04 Å². The lowest BCUT2D eigenvalue weighted by Gasteiger charge is -2.04. The van der Waals surface area contributed by atoms with Crippen LogP contribution in [0.15, 0.2) is 36.9 Å². The van der Waals surface area contributed by atoms with Gasteiger partial charge >= 0.3 is 0 Å². The van der Waals surface area contributed by atoms with Gasteiger partial charge in [0.15, 0.2) is 0 Å².